The number of Topliss-reactive ketones (excluding diaryl/α,β-unsaturated/α-hetero) is 1. The van der Waals surface area contributed by atoms with Crippen molar-refractivity contribution in [1.82, 2.24) is 15.1 Å². The Morgan fingerprint density at radius 3 is 2.76 bits per heavy atom. The lowest BCUT2D eigenvalue weighted by atomic mass is 9.95. The number of carbonyl (C=O) groups excluding carboxylic acids is 1. The normalized spacial score (nSPS) is 16.2. The highest BCUT2D eigenvalue weighted by Gasteiger charge is 2.25. The van der Waals surface area contributed by atoms with Crippen molar-refractivity contribution in [1.29, 1.82) is 0 Å². The van der Waals surface area contributed by atoms with Crippen LogP contribution in [0, 0.1) is 5.92 Å². The van der Waals surface area contributed by atoms with Crippen LogP contribution in [0.15, 0.2) is 12.3 Å². The molecule has 1 fully saturated rings. The number of hydrogen-bond acceptors (Lipinski definition) is 3. The molecule has 0 amide bonds. The van der Waals surface area contributed by atoms with Gasteiger partial charge in [-0.05, 0) is 18.9 Å². The van der Waals surface area contributed by atoms with Gasteiger partial charge in [-0.2, -0.15) is 5.10 Å². The maximum Gasteiger partial charge on any atom is 0.144 e. The molecule has 4 nitrogen and oxygen atoms in total. The predicted molar refractivity (Wildman–Crippen MR) is 66.9 cm³/mol. The molecule has 0 spiro atoms. The summed E-state index contributed by atoms with van der Waals surface area (Å²) in [6.45, 7) is 6.01. The van der Waals surface area contributed by atoms with Gasteiger partial charge in [-0.3, -0.25) is 9.48 Å². The lowest BCUT2D eigenvalue weighted by Crippen LogP contribution is -2.47. The Balaban J connectivity index is 1.95. The number of hydrogen-bond donors (Lipinski definition) is 1. The lowest BCUT2D eigenvalue weighted by Gasteiger charge is -2.25. The van der Waals surface area contributed by atoms with Gasteiger partial charge in [0.2, 0.25) is 0 Å². The minimum atomic E-state index is 0.216. The molecule has 0 aliphatic carbocycles. The summed E-state index contributed by atoms with van der Waals surface area (Å²) >= 11 is 0. The number of ketones is 1. The van der Waals surface area contributed by atoms with Gasteiger partial charge in [0.1, 0.15) is 5.78 Å². The average molecular weight is 235 g/mol. The zero-order valence-electron chi connectivity index (χ0n) is 10.6. The van der Waals surface area contributed by atoms with Crippen molar-refractivity contribution in [3.05, 3.63) is 18.0 Å². The summed E-state index contributed by atoms with van der Waals surface area (Å²) in [6.07, 6.45) is 4.65. The molecule has 2 heterocycles. The minimum Gasteiger partial charge on any atom is -0.315 e. The molecule has 1 saturated heterocycles. The van der Waals surface area contributed by atoms with Gasteiger partial charge in [0.25, 0.3) is 0 Å². The number of nitrogens with one attached hydrogen (secondary N) is 1. The van der Waals surface area contributed by atoms with Crippen LogP contribution in [-0.4, -0.2) is 28.7 Å². The molecule has 4 heteroatoms. The summed E-state index contributed by atoms with van der Waals surface area (Å²) in [5, 5.41) is 7.63. The van der Waals surface area contributed by atoms with E-state index in [0.29, 0.717) is 18.2 Å². The Morgan fingerprint density at radius 2 is 2.24 bits per heavy atom. The molecular formula is C13H21N3O. The van der Waals surface area contributed by atoms with Gasteiger partial charge in [0, 0.05) is 25.2 Å². The smallest absolute Gasteiger partial charge is 0.144 e. The first-order valence-corrected chi connectivity index (χ1v) is 6.52. The summed E-state index contributed by atoms with van der Waals surface area (Å²) in [4.78, 5) is 11.8. The van der Waals surface area contributed by atoms with Gasteiger partial charge in [-0.15, -0.1) is 0 Å². The molecule has 0 radical (unpaired) electrons. The van der Waals surface area contributed by atoms with E-state index in [9.17, 15) is 4.79 Å². The highest BCUT2D eigenvalue weighted by Crippen LogP contribution is 2.15. The number of rotatable bonds is 6. The van der Waals surface area contributed by atoms with Crippen molar-refractivity contribution in [2.45, 2.75) is 39.2 Å². The van der Waals surface area contributed by atoms with Crippen LogP contribution in [0.2, 0.25) is 0 Å². The first-order valence-electron chi connectivity index (χ1n) is 6.52. The second-order valence-electron chi connectivity index (χ2n) is 4.76. The van der Waals surface area contributed by atoms with Gasteiger partial charge < -0.3 is 5.32 Å². The molecule has 1 aromatic heterocycles. The van der Waals surface area contributed by atoms with E-state index in [4.69, 9.17) is 0 Å². The fraction of sp³-hybridized carbons (Fsp3) is 0.692. The molecule has 1 aromatic rings. The van der Waals surface area contributed by atoms with E-state index in [-0.39, 0.29) is 5.92 Å². The Labute approximate surface area is 102 Å². The van der Waals surface area contributed by atoms with E-state index in [0.717, 1.165) is 31.6 Å². The van der Waals surface area contributed by atoms with Crippen molar-refractivity contribution in [2.75, 3.05) is 13.1 Å². The monoisotopic (exact) mass is 235 g/mol. The highest BCUT2D eigenvalue weighted by atomic mass is 16.1. The first kappa shape index (κ1) is 12.3. The Hall–Kier alpha value is -1.16. The van der Waals surface area contributed by atoms with Crippen LogP contribution in [-0.2, 0) is 11.2 Å². The highest BCUT2D eigenvalue weighted by molar-refractivity contribution is 5.84. The van der Waals surface area contributed by atoms with Gasteiger partial charge in [-0.1, -0.05) is 13.8 Å². The third kappa shape index (κ3) is 2.75. The van der Waals surface area contributed by atoms with E-state index in [1.165, 1.54) is 0 Å². The maximum absolute atomic E-state index is 11.8. The van der Waals surface area contributed by atoms with Crippen LogP contribution in [0.3, 0.4) is 0 Å². The molecule has 1 aliphatic heterocycles. The quantitative estimate of drug-likeness (QED) is 0.814. The molecule has 0 saturated carbocycles. The summed E-state index contributed by atoms with van der Waals surface area (Å²) in [7, 11) is 0. The van der Waals surface area contributed by atoms with Crippen LogP contribution in [0.4, 0.5) is 0 Å². The number of aromatic nitrogens is 2. The van der Waals surface area contributed by atoms with Crippen molar-refractivity contribution in [3.63, 3.8) is 0 Å². The fourth-order valence-electron chi connectivity index (χ4n) is 2.18. The largest absolute Gasteiger partial charge is 0.315 e. The number of nitrogens with zero attached hydrogens (tertiary/aromatic N) is 2. The van der Waals surface area contributed by atoms with E-state index in [1.54, 1.807) is 0 Å². The summed E-state index contributed by atoms with van der Waals surface area (Å²) in [5.41, 5.74) is 0.911. The topological polar surface area (TPSA) is 46.9 Å². The van der Waals surface area contributed by atoms with E-state index < -0.39 is 0 Å². The van der Waals surface area contributed by atoms with Gasteiger partial charge in [0.15, 0.2) is 0 Å². The molecule has 17 heavy (non-hydrogen) atoms. The van der Waals surface area contributed by atoms with E-state index in [2.05, 4.69) is 24.3 Å². The zero-order valence-corrected chi connectivity index (χ0v) is 10.6. The van der Waals surface area contributed by atoms with Crippen LogP contribution in [0.1, 0.15) is 38.4 Å². The molecule has 1 N–H and O–H groups in total. The predicted octanol–water partition coefficient (Wildman–Crippen LogP) is 1.58. The summed E-state index contributed by atoms with van der Waals surface area (Å²) < 4.78 is 2.00. The van der Waals surface area contributed by atoms with Crippen molar-refractivity contribution in [2.24, 2.45) is 5.92 Å². The van der Waals surface area contributed by atoms with Crippen LogP contribution in [0.25, 0.3) is 0 Å². The zero-order chi connectivity index (χ0) is 12.3. The van der Waals surface area contributed by atoms with Gasteiger partial charge in [-0.25, -0.2) is 0 Å². The summed E-state index contributed by atoms with van der Waals surface area (Å²) in [5.74, 6) is 0.534. The molecule has 0 atom stereocenters. The Kier molecular flexibility index (Phi) is 3.94. The standard InChI is InChI=1S/C13H21N3O/c1-3-12(4-2)16-6-5-11(15-16)7-13(17)10-8-14-9-10/h5-6,10,12,14H,3-4,7-9H2,1-2H3. The SMILES string of the molecule is CCC(CC)n1ccc(CC(=O)C2CNC2)n1. The Bertz CT molecular complexity index is 378. The van der Waals surface area contributed by atoms with Crippen LogP contribution >= 0.6 is 0 Å². The average Bonchev–Trinajstić information content (AvgIpc) is 2.65. The molecule has 0 unspecified atom stereocenters. The molecular weight excluding hydrogens is 214 g/mol. The van der Waals surface area contributed by atoms with Crippen molar-refractivity contribution >= 4 is 5.78 Å². The first-order chi connectivity index (χ1) is 8.24. The lowest BCUT2D eigenvalue weighted by molar-refractivity contribution is -0.123. The van der Waals surface area contributed by atoms with E-state index in [1.807, 2.05) is 16.9 Å². The summed E-state index contributed by atoms with van der Waals surface area (Å²) in [6, 6.07) is 2.44. The second kappa shape index (κ2) is 5.45. The fourth-order valence-corrected chi connectivity index (χ4v) is 2.18. The molecule has 0 bridgehead atoms. The molecule has 0 aromatic carbocycles. The minimum absolute atomic E-state index is 0.216. The number of carbonyl (C=O) groups is 1. The third-order valence-electron chi connectivity index (χ3n) is 3.57. The Morgan fingerprint density at radius 1 is 1.53 bits per heavy atom. The van der Waals surface area contributed by atoms with Crippen LogP contribution in [0.5, 0.6) is 0 Å². The van der Waals surface area contributed by atoms with E-state index >= 15 is 0 Å². The van der Waals surface area contributed by atoms with Crippen molar-refractivity contribution < 1.29 is 4.79 Å². The third-order valence-corrected chi connectivity index (χ3v) is 3.57. The molecule has 94 valence electrons. The van der Waals surface area contributed by atoms with Crippen molar-refractivity contribution in [3.8, 4) is 0 Å². The van der Waals surface area contributed by atoms with Gasteiger partial charge >= 0.3 is 0 Å². The second-order valence-corrected chi connectivity index (χ2v) is 4.76. The molecule has 2 rings (SSSR count). The maximum atomic E-state index is 11.8. The molecule has 1 aliphatic rings. The van der Waals surface area contributed by atoms with Gasteiger partial charge in [0.05, 0.1) is 18.2 Å². The van der Waals surface area contributed by atoms with Crippen LogP contribution < -0.4 is 5.32 Å².